The Labute approximate surface area is 83.8 Å². The largest absolute Gasteiger partial charge is 0.396 e. The van der Waals surface area contributed by atoms with Gasteiger partial charge in [-0.3, -0.25) is 0 Å². The first kappa shape index (κ1) is 11.1. The lowest BCUT2D eigenvalue weighted by molar-refractivity contribution is 0.286. The maximum Gasteiger partial charge on any atom is 0.123 e. The standard InChI is InChI=1S/C11H16FNO/c1-9-7-11(12)4-3-10(9)8-13-5-2-6-14/h3-4,7,13-14H,2,5-6,8H2,1H3. The normalized spacial score (nSPS) is 10.5. The Morgan fingerprint density at radius 3 is 2.86 bits per heavy atom. The number of aryl methyl sites for hydroxylation is 1. The van der Waals surface area contributed by atoms with Gasteiger partial charge in [0.2, 0.25) is 0 Å². The molecule has 1 rings (SSSR count). The molecular formula is C11H16FNO. The average Bonchev–Trinajstić information content (AvgIpc) is 2.15. The fourth-order valence-corrected chi connectivity index (χ4v) is 1.28. The minimum Gasteiger partial charge on any atom is -0.396 e. The van der Waals surface area contributed by atoms with Crippen molar-refractivity contribution < 1.29 is 9.50 Å². The molecule has 0 unspecified atom stereocenters. The summed E-state index contributed by atoms with van der Waals surface area (Å²) in [7, 11) is 0. The summed E-state index contributed by atoms with van der Waals surface area (Å²) in [5, 5.41) is 11.7. The number of hydrogen-bond acceptors (Lipinski definition) is 2. The van der Waals surface area contributed by atoms with Crippen LogP contribution in [0.2, 0.25) is 0 Å². The van der Waals surface area contributed by atoms with E-state index in [2.05, 4.69) is 5.32 Å². The van der Waals surface area contributed by atoms with Gasteiger partial charge < -0.3 is 10.4 Å². The van der Waals surface area contributed by atoms with Crippen molar-refractivity contribution in [1.29, 1.82) is 0 Å². The zero-order chi connectivity index (χ0) is 10.4. The lowest BCUT2D eigenvalue weighted by Crippen LogP contribution is -2.16. The first-order chi connectivity index (χ1) is 6.74. The van der Waals surface area contributed by atoms with Crippen molar-refractivity contribution in [2.75, 3.05) is 13.2 Å². The summed E-state index contributed by atoms with van der Waals surface area (Å²) in [6.07, 6.45) is 0.750. The highest BCUT2D eigenvalue weighted by Crippen LogP contribution is 2.09. The third-order valence-electron chi connectivity index (χ3n) is 2.13. The van der Waals surface area contributed by atoms with Crippen molar-refractivity contribution in [2.24, 2.45) is 0 Å². The predicted molar refractivity (Wildman–Crippen MR) is 54.5 cm³/mol. The van der Waals surface area contributed by atoms with Crippen molar-refractivity contribution in [2.45, 2.75) is 19.9 Å². The van der Waals surface area contributed by atoms with E-state index in [1.165, 1.54) is 12.1 Å². The number of benzene rings is 1. The summed E-state index contributed by atoms with van der Waals surface area (Å²) in [6, 6.07) is 4.79. The quantitative estimate of drug-likeness (QED) is 0.703. The van der Waals surface area contributed by atoms with Gasteiger partial charge in [0.15, 0.2) is 0 Å². The first-order valence-corrected chi connectivity index (χ1v) is 4.80. The molecule has 0 aliphatic carbocycles. The molecule has 78 valence electrons. The average molecular weight is 197 g/mol. The molecule has 0 radical (unpaired) electrons. The number of aliphatic hydroxyl groups excluding tert-OH is 1. The zero-order valence-electron chi connectivity index (χ0n) is 8.39. The molecule has 0 aromatic heterocycles. The predicted octanol–water partition coefficient (Wildman–Crippen LogP) is 1.61. The third kappa shape index (κ3) is 3.44. The molecule has 14 heavy (non-hydrogen) atoms. The third-order valence-corrected chi connectivity index (χ3v) is 2.13. The fraction of sp³-hybridized carbons (Fsp3) is 0.455. The summed E-state index contributed by atoms with van der Waals surface area (Å²) in [5.41, 5.74) is 2.06. The minimum absolute atomic E-state index is 0.193. The van der Waals surface area contributed by atoms with E-state index in [1.807, 2.05) is 6.92 Å². The van der Waals surface area contributed by atoms with Crippen LogP contribution in [-0.2, 0) is 6.54 Å². The molecule has 1 aromatic carbocycles. The van der Waals surface area contributed by atoms with Crippen LogP contribution in [0.3, 0.4) is 0 Å². The molecule has 0 saturated heterocycles. The lowest BCUT2D eigenvalue weighted by atomic mass is 10.1. The van der Waals surface area contributed by atoms with Gasteiger partial charge in [-0.1, -0.05) is 6.07 Å². The van der Waals surface area contributed by atoms with E-state index in [-0.39, 0.29) is 12.4 Å². The monoisotopic (exact) mass is 197 g/mol. The maximum atomic E-state index is 12.7. The van der Waals surface area contributed by atoms with Gasteiger partial charge in [-0.2, -0.15) is 0 Å². The van der Waals surface area contributed by atoms with E-state index < -0.39 is 0 Å². The summed E-state index contributed by atoms with van der Waals surface area (Å²) >= 11 is 0. The van der Waals surface area contributed by atoms with E-state index in [1.54, 1.807) is 6.07 Å². The van der Waals surface area contributed by atoms with Gasteiger partial charge in [0.1, 0.15) is 5.82 Å². The minimum atomic E-state index is -0.193. The molecule has 2 nitrogen and oxygen atoms in total. The Bertz CT molecular complexity index is 289. The molecule has 0 saturated carbocycles. The lowest BCUT2D eigenvalue weighted by Gasteiger charge is -2.06. The Morgan fingerprint density at radius 2 is 2.21 bits per heavy atom. The van der Waals surface area contributed by atoms with Crippen molar-refractivity contribution >= 4 is 0 Å². The van der Waals surface area contributed by atoms with Crippen molar-refractivity contribution in [1.82, 2.24) is 5.32 Å². The van der Waals surface area contributed by atoms with Crippen LogP contribution < -0.4 is 5.32 Å². The van der Waals surface area contributed by atoms with Crippen LogP contribution >= 0.6 is 0 Å². The smallest absolute Gasteiger partial charge is 0.123 e. The van der Waals surface area contributed by atoms with Gasteiger partial charge in [-0.25, -0.2) is 4.39 Å². The number of hydrogen-bond donors (Lipinski definition) is 2. The van der Waals surface area contributed by atoms with Crippen LogP contribution in [0.15, 0.2) is 18.2 Å². The van der Waals surface area contributed by atoms with Crippen LogP contribution in [0.4, 0.5) is 4.39 Å². The van der Waals surface area contributed by atoms with E-state index in [9.17, 15) is 4.39 Å². The molecule has 1 aromatic rings. The highest BCUT2D eigenvalue weighted by Gasteiger charge is 1.98. The first-order valence-electron chi connectivity index (χ1n) is 4.80. The van der Waals surface area contributed by atoms with E-state index in [4.69, 9.17) is 5.11 Å². The van der Waals surface area contributed by atoms with Crippen LogP contribution in [0.25, 0.3) is 0 Å². The van der Waals surface area contributed by atoms with Crippen LogP contribution in [0.5, 0.6) is 0 Å². The topological polar surface area (TPSA) is 32.3 Å². The highest BCUT2D eigenvalue weighted by atomic mass is 19.1. The Hall–Kier alpha value is -0.930. The van der Waals surface area contributed by atoms with E-state index in [0.29, 0.717) is 0 Å². The molecule has 0 bridgehead atoms. The second-order valence-corrected chi connectivity index (χ2v) is 3.32. The molecule has 0 fully saturated rings. The number of nitrogens with one attached hydrogen (secondary N) is 1. The fourth-order valence-electron chi connectivity index (χ4n) is 1.28. The molecule has 0 aliphatic heterocycles. The Kier molecular flexibility index (Phi) is 4.56. The Balaban J connectivity index is 2.42. The van der Waals surface area contributed by atoms with Crippen LogP contribution in [0.1, 0.15) is 17.5 Å². The van der Waals surface area contributed by atoms with Crippen LogP contribution in [0, 0.1) is 12.7 Å². The number of rotatable bonds is 5. The summed E-state index contributed by atoms with van der Waals surface area (Å²) in [5.74, 6) is -0.193. The molecule has 0 amide bonds. The molecule has 2 N–H and O–H groups in total. The highest BCUT2D eigenvalue weighted by molar-refractivity contribution is 5.26. The van der Waals surface area contributed by atoms with Crippen LogP contribution in [-0.4, -0.2) is 18.3 Å². The Morgan fingerprint density at radius 1 is 1.43 bits per heavy atom. The van der Waals surface area contributed by atoms with Gasteiger partial charge in [0.25, 0.3) is 0 Å². The molecular weight excluding hydrogens is 181 g/mol. The summed E-state index contributed by atoms with van der Waals surface area (Å²) in [6.45, 7) is 3.61. The summed E-state index contributed by atoms with van der Waals surface area (Å²) < 4.78 is 12.7. The van der Waals surface area contributed by atoms with Crippen molar-refractivity contribution in [3.05, 3.63) is 35.1 Å². The molecule has 0 spiro atoms. The van der Waals surface area contributed by atoms with E-state index >= 15 is 0 Å². The second-order valence-electron chi connectivity index (χ2n) is 3.32. The molecule has 0 aliphatic rings. The van der Waals surface area contributed by atoms with Gasteiger partial charge in [0.05, 0.1) is 0 Å². The van der Waals surface area contributed by atoms with Crippen molar-refractivity contribution in [3.8, 4) is 0 Å². The van der Waals surface area contributed by atoms with Gasteiger partial charge in [-0.15, -0.1) is 0 Å². The summed E-state index contributed by atoms with van der Waals surface area (Å²) in [4.78, 5) is 0. The number of aliphatic hydroxyl groups is 1. The van der Waals surface area contributed by atoms with Gasteiger partial charge in [0, 0.05) is 13.2 Å². The van der Waals surface area contributed by atoms with E-state index in [0.717, 1.165) is 30.6 Å². The zero-order valence-corrected chi connectivity index (χ0v) is 8.39. The van der Waals surface area contributed by atoms with Gasteiger partial charge >= 0.3 is 0 Å². The maximum absolute atomic E-state index is 12.7. The SMILES string of the molecule is Cc1cc(F)ccc1CNCCCO. The van der Waals surface area contributed by atoms with Crippen molar-refractivity contribution in [3.63, 3.8) is 0 Å². The molecule has 0 heterocycles. The molecule has 3 heteroatoms. The second kappa shape index (κ2) is 5.73. The number of halogens is 1. The molecule has 0 atom stereocenters. The van der Waals surface area contributed by atoms with Gasteiger partial charge in [-0.05, 0) is 43.1 Å².